The van der Waals surface area contributed by atoms with Gasteiger partial charge in [-0.3, -0.25) is 0 Å². The zero-order valence-corrected chi connectivity index (χ0v) is 9.84. The smallest absolute Gasteiger partial charge is 0.240 e. The van der Waals surface area contributed by atoms with E-state index in [1.807, 2.05) is 24.3 Å². The van der Waals surface area contributed by atoms with Crippen molar-refractivity contribution >= 4 is 0 Å². The van der Waals surface area contributed by atoms with E-state index in [0.29, 0.717) is 11.7 Å². The number of hydrogen-bond donors (Lipinski definition) is 2. The van der Waals surface area contributed by atoms with Crippen LogP contribution in [0.1, 0.15) is 25.3 Å². The molecule has 0 spiro atoms. The van der Waals surface area contributed by atoms with Gasteiger partial charge >= 0.3 is 0 Å². The van der Waals surface area contributed by atoms with Gasteiger partial charge in [0.25, 0.3) is 0 Å². The van der Waals surface area contributed by atoms with Gasteiger partial charge in [-0.05, 0) is 19.4 Å². The molecule has 0 fully saturated rings. The second-order valence-corrected chi connectivity index (χ2v) is 4.32. The molecule has 1 aromatic carbocycles. The van der Waals surface area contributed by atoms with Gasteiger partial charge in [0, 0.05) is 5.56 Å². The third-order valence-electron chi connectivity index (χ3n) is 2.47. The quantitative estimate of drug-likeness (QED) is 0.837. The topological polar surface area (TPSA) is 85.2 Å². The monoisotopic (exact) mass is 233 g/mol. The van der Waals surface area contributed by atoms with E-state index in [4.69, 9.17) is 10.3 Å². The Kier molecular flexibility index (Phi) is 2.95. The molecule has 2 aromatic rings. The maximum Gasteiger partial charge on any atom is 0.240 e. The van der Waals surface area contributed by atoms with Gasteiger partial charge in [-0.1, -0.05) is 29.4 Å². The van der Waals surface area contributed by atoms with Crippen LogP contribution in [0.5, 0.6) is 0 Å². The fraction of sp³-hybridized carbons (Fsp3) is 0.333. The highest BCUT2D eigenvalue weighted by molar-refractivity contribution is 5.61. The zero-order valence-electron chi connectivity index (χ0n) is 9.84. The lowest BCUT2D eigenvalue weighted by Crippen LogP contribution is -2.16. The van der Waals surface area contributed by atoms with Gasteiger partial charge in [0.2, 0.25) is 11.7 Å². The summed E-state index contributed by atoms with van der Waals surface area (Å²) in [4.78, 5) is 4.16. The Labute approximate surface area is 99.3 Å². The molecular formula is C12H15N3O2. The Morgan fingerprint density at radius 2 is 2.06 bits per heavy atom. The standard InChI is InChI=1S/C12H15N3O2/c1-12(2,16)9-6-4-3-5-8(9)11-14-10(7-13)17-15-11/h3-6,16H,7,13H2,1-2H3. The van der Waals surface area contributed by atoms with Crippen molar-refractivity contribution in [3.05, 3.63) is 35.7 Å². The summed E-state index contributed by atoms with van der Waals surface area (Å²) in [6, 6.07) is 7.41. The molecule has 5 nitrogen and oxygen atoms in total. The molecule has 0 amide bonds. The summed E-state index contributed by atoms with van der Waals surface area (Å²) in [5.74, 6) is 0.828. The molecule has 2 rings (SSSR count). The molecule has 0 bridgehead atoms. The molecule has 0 unspecified atom stereocenters. The van der Waals surface area contributed by atoms with Crippen molar-refractivity contribution in [2.45, 2.75) is 26.0 Å². The second-order valence-electron chi connectivity index (χ2n) is 4.32. The molecule has 0 aliphatic rings. The van der Waals surface area contributed by atoms with Crippen LogP contribution in [0, 0.1) is 0 Å². The van der Waals surface area contributed by atoms with Crippen molar-refractivity contribution < 1.29 is 9.63 Å². The molecule has 5 heteroatoms. The Hall–Kier alpha value is -1.72. The maximum absolute atomic E-state index is 10.1. The summed E-state index contributed by atoms with van der Waals surface area (Å²) in [6.45, 7) is 3.64. The zero-order chi connectivity index (χ0) is 12.5. The molecule has 0 aliphatic carbocycles. The van der Waals surface area contributed by atoms with Crippen molar-refractivity contribution in [3.8, 4) is 11.4 Å². The summed E-state index contributed by atoms with van der Waals surface area (Å²) in [5, 5.41) is 13.9. The Morgan fingerprint density at radius 1 is 1.35 bits per heavy atom. The molecule has 0 saturated carbocycles. The van der Waals surface area contributed by atoms with Gasteiger partial charge in [0.15, 0.2) is 0 Å². The highest BCUT2D eigenvalue weighted by Gasteiger charge is 2.22. The van der Waals surface area contributed by atoms with Crippen LogP contribution in [-0.4, -0.2) is 15.2 Å². The number of rotatable bonds is 3. The van der Waals surface area contributed by atoms with Gasteiger partial charge in [-0.2, -0.15) is 4.98 Å². The highest BCUT2D eigenvalue weighted by atomic mass is 16.5. The minimum atomic E-state index is -0.958. The van der Waals surface area contributed by atoms with E-state index in [1.165, 1.54) is 0 Å². The number of benzene rings is 1. The maximum atomic E-state index is 10.1. The van der Waals surface area contributed by atoms with Gasteiger partial charge in [-0.25, -0.2) is 0 Å². The Balaban J connectivity index is 2.52. The minimum absolute atomic E-state index is 0.206. The third-order valence-corrected chi connectivity index (χ3v) is 2.47. The van der Waals surface area contributed by atoms with Crippen LogP contribution in [0.2, 0.25) is 0 Å². The summed E-state index contributed by atoms with van der Waals surface area (Å²) < 4.78 is 4.97. The second kappa shape index (κ2) is 4.27. The third kappa shape index (κ3) is 2.35. The van der Waals surface area contributed by atoms with Crippen LogP contribution in [0.25, 0.3) is 11.4 Å². The number of aliphatic hydroxyl groups is 1. The lowest BCUT2D eigenvalue weighted by Gasteiger charge is -2.20. The molecule has 3 N–H and O–H groups in total. The van der Waals surface area contributed by atoms with Gasteiger partial charge in [0.05, 0.1) is 12.1 Å². The predicted molar refractivity (Wildman–Crippen MR) is 62.9 cm³/mol. The molecule has 0 aliphatic heterocycles. The summed E-state index contributed by atoms with van der Waals surface area (Å²) in [7, 11) is 0. The van der Waals surface area contributed by atoms with Crippen molar-refractivity contribution in [2.24, 2.45) is 5.73 Å². The largest absolute Gasteiger partial charge is 0.386 e. The van der Waals surface area contributed by atoms with E-state index < -0.39 is 5.60 Å². The van der Waals surface area contributed by atoms with Crippen LogP contribution >= 0.6 is 0 Å². The van der Waals surface area contributed by atoms with Crippen LogP contribution < -0.4 is 5.73 Å². The molecule has 0 atom stereocenters. The van der Waals surface area contributed by atoms with E-state index in [9.17, 15) is 5.11 Å². The van der Waals surface area contributed by atoms with Crippen LogP contribution in [0.3, 0.4) is 0 Å². The van der Waals surface area contributed by atoms with Gasteiger partial charge < -0.3 is 15.4 Å². The Morgan fingerprint density at radius 3 is 2.65 bits per heavy atom. The van der Waals surface area contributed by atoms with Crippen molar-refractivity contribution in [1.82, 2.24) is 10.1 Å². The Bertz CT molecular complexity index is 514. The van der Waals surface area contributed by atoms with E-state index in [-0.39, 0.29) is 6.54 Å². The van der Waals surface area contributed by atoms with Gasteiger partial charge in [0.1, 0.15) is 0 Å². The van der Waals surface area contributed by atoms with E-state index in [2.05, 4.69) is 10.1 Å². The molecule has 0 saturated heterocycles. The van der Waals surface area contributed by atoms with Crippen molar-refractivity contribution in [3.63, 3.8) is 0 Å². The molecular weight excluding hydrogens is 218 g/mol. The SMILES string of the molecule is CC(C)(O)c1ccccc1-c1noc(CN)n1. The van der Waals surface area contributed by atoms with Gasteiger partial charge in [-0.15, -0.1) is 0 Å². The van der Waals surface area contributed by atoms with E-state index in [1.54, 1.807) is 13.8 Å². The summed E-state index contributed by atoms with van der Waals surface area (Å²) in [5.41, 5.74) is 5.97. The van der Waals surface area contributed by atoms with Crippen molar-refractivity contribution in [1.29, 1.82) is 0 Å². The molecule has 90 valence electrons. The molecule has 17 heavy (non-hydrogen) atoms. The summed E-state index contributed by atoms with van der Waals surface area (Å²) >= 11 is 0. The fourth-order valence-corrected chi connectivity index (χ4v) is 1.66. The molecule has 1 heterocycles. The molecule has 0 radical (unpaired) electrons. The molecule has 1 aromatic heterocycles. The predicted octanol–water partition coefficient (Wildman–Crippen LogP) is 1.42. The summed E-state index contributed by atoms with van der Waals surface area (Å²) in [6.07, 6.45) is 0. The number of nitrogens with two attached hydrogens (primary N) is 1. The normalized spacial score (nSPS) is 11.8. The highest BCUT2D eigenvalue weighted by Crippen LogP contribution is 2.29. The van der Waals surface area contributed by atoms with Crippen molar-refractivity contribution in [2.75, 3.05) is 0 Å². The van der Waals surface area contributed by atoms with Crippen LogP contribution in [0.4, 0.5) is 0 Å². The first-order valence-corrected chi connectivity index (χ1v) is 5.37. The minimum Gasteiger partial charge on any atom is -0.386 e. The van der Waals surface area contributed by atoms with E-state index in [0.717, 1.165) is 11.1 Å². The average Bonchev–Trinajstić information content (AvgIpc) is 2.76. The first-order chi connectivity index (χ1) is 8.02. The fourth-order valence-electron chi connectivity index (χ4n) is 1.66. The number of nitrogens with zero attached hydrogens (tertiary/aromatic N) is 2. The lowest BCUT2D eigenvalue weighted by molar-refractivity contribution is 0.0791. The first kappa shape index (κ1) is 11.8. The van der Waals surface area contributed by atoms with Crippen LogP contribution in [-0.2, 0) is 12.1 Å². The van der Waals surface area contributed by atoms with Crippen LogP contribution in [0.15, 0.2) is 28.8 Å². The number of aromatic nitrogens is 2. The van der Waals surface area contributed by atoms with E-state index >= 15 is 0 Å². The number of hydrogen-bond acceptors (Lipinski definition) is 5. The average molecular weight is 233 g/mol. The first-order valence-electron chi connectivity index (χ1n) is 5.37. The lowest BCUT2D eigenvalue weighted by atomic mass is 9.93.